The molecule has 0 aliphatic carbocycles. The number of aryl methyl sites for hydroxylation is 2. The molecule has 3 N–H and O–H groups in total. The van der Waals surface area contributed by atoms with Crippen LogP contribution in [-0.2, 0) is 11.8 Å². The third kappa shape index (κ3) is 5.07. The van der Waals surface area contributed by atoms with Crippen molar-refractivity contribution in [2.45, 2.75) is 25.4 Å². The van der Waals surface area contributed by atoms with Crippen molar-refractivity contribution in [3.63, 3.8) is 0 Å². The molecular weight excluding hydrogens is 508 g/mol. The molecule has 0 spiro atoms. The van der Waals surface area contributed by atoms with E-state index in [4.69, 9.17) is 15.2 Å². The normalized spacial score (nSPS) is 14.3. The summed E-state index contributed by atoms with van der Waals surface area (Å²) in [5, 5.41) is 11.9. The van der Waals surface area contributed by atoms with Crippen LogP contribution in [0.15, 0.2) is 55.4 Å². The number of fused-ring (bicyclic) bond motifs is 1. The fraction of sp³-hybridized carbons (Fsp3) is 0.267. The van der Waals surface area contributed by atoms with Crippen LogP contribution >= 0.6 is 0 Å². The number of piperidine rings is 1. The molecule has 5 rings (SSSR count). The van der Waals surface area contributed by atoms with Crippen molar-refractivity contribution >= 4 is 22.8 Å². The topological polar surface area (TPSA) is 129 Å². The van der Waals surface area contributed by atoms with Gasteiger partial charge in [-0.2, -0.15) is 0 Å². The van der Waals surface area contributed by atoms with Gasteiger partial charge >= 0.3 is 0 Å². The lowest BCUT2D eigenvalue weighted by Crippen LogP contribution is -2.45. The van der Waals surface area contributed by atoms with Crippen molar-refractivity contribution in [2.75, 3.05) is 25.9 Å². The highest BCUT2D eigenvalue weighted by Crippen LogP contribution is 2.40. The Kier molecular flexibility index (Phi) is 7.15. The molecule has 0 atom stereocenters. The third-order valence-corrected chi connectivity index (χ3v) is 7.02. The molecule has 1 fully saturated rings. The van der Waals surface area contributed by atoms with Crippen molar-refractivity contribution < 1.29 is 19.4 Å². The van der Waals surface area contributed by atoms with Crippen LogP contribution in [-0.4, -0.2) is 61.2 Å². The van der Waals surface area contributed by atoms with Crippen molar-refractivity contribution in [1.82, 2.24) is 24.4 Å². The number of pyridine rings is 1. The molecule has 0 unspecified atom stereocenters. The predicted molar refractivity (Wildman–Crippen MR) is 152 cm³/mol. The van der Waals surface area contributed by atoms with Crippen LogP contribution in [0.1, 0.15) is 24.2 Å². The van der Waals surface area contributed by atoms with Crippen molar-refractivity contribution in [2.24, 2.45) is 7.05 Å². The SMILES string of the molecule is C=CC(=O)N1CCC(O)(C#Cc2c(-c3ccc(Oc4cccc(C)n4)c(OC)c3)c3c(N)ncnc3n2C)CC1. The number of anilines is 1. The maximum atomic E-state index is 12.0. The molecule has 4 aromatic rings. The Bertz CT molecular complexity index is 1680. The monoisotopic (exact) mass is 538 g/mol. The molecule has 10 nitrogen and oxygen atoms in total. The van der Waals surface area contributed by atoms with Gasteiger partial charge in [-0.25, -0.2) is 15.0 Å². The first-order valence-electron chi connectivity index (χ1n) is 12.8. The van der Waals surface area contributed by atoms with Crippen LogP contribution in [0.3, 0.4) is 0 Å². The minimum Gasteiger partial charge on any atom is -0.493 e. The third-order valence-electron chi connectivity index (χ3n) is 7.02. The number of carbonyl (C=O) groups excluding carboxylic acids is 1. The fourth-order valence-corrected chi connectivity index (χ4v) is 4.82. The Hall–Kier alpha value is -4.88. The van der Waals surface area contributed by atoms with E-state index < -0.39 is 5.60 Å². The average Bonchev–Trinajstić information content (AvgIpc) is 3.24. The van der Waals surface area contributed by atoms with Gasteiger partial charge in [0.05, 0.1) is 12.5 Å². The highest BCUT2D eigenvalue weighted by molar-refractivity contribution is 6.03. The van der Waals surface area contributed by atoms with Crippen LogP contribution in [0, 0.1) is 18.8 Å². The summed E-state index contributed by atoms with van der Waals surface area (Å²) in [6, 6.07) is 11.1. The highest BCUT2D eigenvalue weighted by Gasteiger charge is 2.32. The smallest absolute Gasteiger partial charge is 0.245 e. The van der Waals surface area contributed by atoms with Gasteiger partial charge < -0.3 is 29.8 Å². The lowest BCUT2D eigenvalue weighted by Gasteiger charge is -2.34. The number of rotatable bonds is 5. The molecule has 1 aliphatic rings. The molecule has 1 saturated heterocycles. The van der Waals surface area contributed by atoms with Gasteiger partial charge in [0.2, 0.25) is 11.8 Å². The standard InChI is InChI=1S/C30H30N6O4/c1-5-25(37)36-15-13-30(38,14-16-36)12-11-21-26(27-28(31)32-18-33-29(27)35(21)3)20-9-10-22(23(17-20)39-4)40-24-8-6-7-19(2)34-24/h5-10,17-18,38H,1,13-16H2,2-4H3,(H2,31,32,33). The van der Waals surface area contributed by atoms with E-state index in [1.807, 2.05) is 42.8 Å². The number of benzene rings is 1. The number of nitrogen functional groups attached to an aromatic ring is 1. The van der Waals surface area contributed by atoms with Crippen LogP contribution in [0.25, 0.3) is 22.2 Å². The van der Waals surface area contributed by atoms with E-state index in [0.717, 1.165) is 11.3 Å². The van der Waals surface area contributed by atoms with E-state index in [-0.39, 0.29) is 5.91 Å². The van der Waals surface area contributed by atoms with Crippen LogP contribution in [0.2, 0.25) is 0 Å². The summed E-state index contributed by atoms with van der Waals surface area (Å²) in [5.41, 5.74) is 8.61. The molecule has 10 heteroatoms. The minimum atomic E-state index is -1.25. The molecule has 1 amide bonds. The number of hydrogen-bond donors (Lipinski definition) is 2. The maximum absolute atomic E-state index is 12.0. The number of methoxy groups -OCH3 is 1. The second-order valence-corrected chi connectivity index (χ2v) is 9.64. The fourth-order valence-electron chi connectivity index (χ4n) is 4.82. The molecule has 204 valence electrons. The molecule has 1 aliphatic heterocycles. The van der Waals surface area contributed by atoms with Crippen molar-refractivity contribution in [3.05, 3.63) is 66.8 Å². The zero-order valence-electron chi connectivity index (χ0n) is 22.6. The number of amides is 1. The van der Waals surface area contributed by atoms with E-state index in [2.05, 4.69) is 33.4 Å². The van der Waals surface area contributed by atoms with Gasteiger partial charge in [-0.15, -0.1) is 0 Å². The number of carbonyl (C=O) groups is 1. The molecule has 0 radical (unpaired) electrons. The number of aliphatic hydroxyl groups is 1. The second kappa shape index (κ2) is 10.7. The second-order valence-electron chi connectivity index (χ2n) is 9.64. The molecule has 3 aromatic heterocycles. The zero-order valence-corrected chi connectivity index (χ0v) is 22.6. The van der Waals surface area contributed by atoms with Gasteiger partial charge in [-0.05, 0) is 42.7 Å². The Labute approximate surface area is 232 Å². The number of aromatic nitrogens is 4. The Morgan fingerprint density at radius 2 is 1.98 bits per heavy atom. The van der Waals surface area contributed by atoms with Crippen LogP contribution in [0.4, 0.5) is 5.82 Å². The predicted octanol–water partition coefficient (Wildman–Crippen LogP) is 3.61. The van der Waals surface area contributed by atoms with E-state index in [1.54, 1.807) is 24.1 Å². The zero-order chi connectivity index (χ0) is 28.4. The largest absolute Gasteiger partial charge is 0.493 e. The summed E-state index contributed by atoms with van der Waals surface area (Å²) in [4.78, 5) is 26.7. The summed E-state index contributed by atoms with van der Waals surface area (Å²) in [6.07, 6.45) is 3.34. The first kappa shape index (κ1) is 26.7. The van der Waals surface area contributed by atoms with Gasteiger partial charge in [0.1, 0.15) is 29.1 Å². The lowest BCUT2D eigenvalue weighted by atomic mass is 9.91. The number of hydrogen-bond acceptors (Lipinski definition) is 8. The first-order chi connectivity index (χ1) is 19.2. The van der Waals surface area contributed by atoms with Gasteiger partial charge in [-0.1, -0.05) is 24.6 Å². The molecular formula is C30H30N6O4. The average molecular weight is 539 g/mol. The van der Waals surface area contributed by atoms with Gasteiger partial charge in [-0.3, -0.25) is 4.79 Å². The van der Waals surface area contributed by atoms with Gasteiger partial charge in [0, 0.05) is 50.3 Å². The Morgan fingerprint density at radius 1 is 1.20 bits per heavy atom. The van der Waals surface area contributed by atoms with Gasteiger partial charge in [0.15, 0.2) is 11.5 Å². The van der Waals surface area contributed by atoms with E-state index in [0.29, 0.717) is 71.4 Å². The van der Waals surface area contributed by atoms with Crippen molar-refractivity contribution in [3.8, 4) is 40.3 Å². The first-order valence-corrected chi connectivity index (χ1v) is 12.8. The minimum absolute atomic E-state index is 0.153. The Morgan fingerprint density at radius 3 is 2.67 bits per heavy atom. The molecule has 40 heavy (non-hydrogen) atoms. The van der Waals surface area contributed by atoms with Crippen LogP contribution < -0.4 is 15.2 Å². The van der Waals surface area contributed by atoms with E-state index >= 15 is 0 Å². The molecule has 1 aromatic carbocycles. The number of nitrogens with two attached hydrogens (primary N) is 1. The summed E-state index contributed by atoms with van der Waals surface area (Å²) < 4.78 is 13.5. The molecule has 4 heterocycles. The summed E-state index contributed by atoms with van der Waals surface area (Å²) in [6.45, 7) is 6.22. The van der Waals surface area contributed by atoms with Crippen LogP contribution in [0.5, 0.6) is 17.4 Å². The van der Waals surface area contributed by atoms with E-state index in [9.17, 15) is 9.90 Å². The summed E-state index contributed by atoms with van der Waals surface area (Å²) in [7, 11) is 3.41. The lowest BCUT2D eigenvalue weighted by molar-refractivity contribution is -0.128. The maximum Gasteiger partial charge on any atom is 0.245 e. The number of ether oxygens (including phenoxy) is 2. The molecule has 0 bridgehead atoms. The quantitative estimate of drug-likeness (QED) is 0.291. The number of nitrogens with zero attached hydrogens (tertiary/aromatic N) is 5. The summed E-state index contributed by atoms with van der Waals surface area (Å²) in [5.74, 6) is 7.86. The number of likely N-dealkylation sites (tertiary alicyclic amines) is 1. The van der Waals surface area contributed by atoms with Gasteiger partial charge in [0.25, 0.3) is 0 Å². The van der Waals surface area contributed by atoms with Crippen molar-refractivity contribution in [1.29, 1.82) is 0 Å². The Balaban J connectivity index is 1.57. The van der Waals surface area contributed by atoms with E-state index in [1.165, 1.54) is 12.4 Å². The summed E-state index contributed by atoms with van der Waals surface area (Å²) >= 11 is 0. The highest BCUT2D eigenvalue weighted by atomic mass is 16.5. The molecule has 0 saturated carbocycles.